The van der Waals surface area contributed by atoms with Gasteiger partial charge >= 0.3 is 6.16 Å². The molecule has 0 N–H and O–H groups in total. The van der Waals surface area contributed by atoms with Crippen LogP contribution in [0, 0.1) is 0 Å². The summed E-state index contributed by atoms with van der Waals surface area (Å²) in [5.41, 5.74) is 1.88. The van der Waals surface area contributed by atoms with Crippen LogP contribution in [0.1, 0.15) is 37.2 Å². The molecule has 0 aromatic heterocycles. The predicted molar refractivity (Wildman–Crippen MR) is 77.3 cm³/mol. The first-order valence-electron chi connectivity index (χ1n) is 6.64. The Morgan fingerprint density at radius 1 is 0.750 bits per heavy atom. The summed E-state index contributed by atoms with van der Waals surface area (Å²) < 4.78 is 10.5. The van der Waals surface area contributed by atoms with Gasteiger partial charge < -0.3 is 9.47 Å². The highest BCUT2D eigenvalue weighted by atomic mass is 16.7. The van der Waals surface area contributed by atoms with Crippen molar-refractivity contribution < 1.29 is 14.3 Å². The monoisotopic (exact) mass is 270 g/mol. The van der Waals surface area contributed by atoms with Crippen molar-refractivity contribution in [1.29, 1.82) is 0 Å². The van der Waals surface area contributed by atoms with E-state index in [0.29, 0.717) is 0 Å². The fourth-order valence-corrected chi connectivity index (χ4v) is 1.90. The minimum absolute atomic E-state index is 0.327. The van der Waals surface area contributed by atoms with Gasteiger partial charge in [-0.15, -0.1) is 0 Å². The summed E-state index contributed by atoms with van der Waals surface area (Å²) in [6, 6.07) is 19.1. The van der Waals surface area contributed by atoms with Gasteiger partial charge in [0.05, 0.1) is 0 Å². The van der Waals surface area contributed by atoms with E-state index in [2.05, 4.69) is 0 Å². The molecule has 0 unspecified atom stereocenters. The van der Waals surface area contributed by atoms with Crippen molar-refractivity contribution >= 4 is 6.16 Å². The summed E-state index contributed by atoms with van der Waals surface area (Å²) >= 11 is 0. The second-order valence-electron chi connectivity index (χ2n) is 4.59. The Hall–Kier alpha value is -2.29. The molecular weight excluding hydrogens is 252 g/mol. The van der Waals surface area contributed by atoms with Crippen LogP contribution in [0.25, 0.3) is 0 Å². The Morgan fingerprint density at radius 2 is 1.10 bits per heavy atom. The Balaban J connectivity index is 1.90. The van der Waals surface area contributed by atoms with Crippen molar-refractivity contribution in [3.63, 3.8) is 0 Å². The third kappa shape index (κ3) is 3.85. The maximum atomic E-state index is 11.8. The molecule has 0 aliphatic carbocycles. The van der Waals surface area contributed by atoms with Crippen molar-refractivity contribution in [2.75, 3.05) is 0 Å². The van der Waals surface area contributed by atoms with Crippen LogP contribution in [0.2, 0.25) is 0 Å². The van der Waals surface area contributed by atoms with Crippen molar-refractivity contribution in [2.24, 2.45) is 0 Å². The number of benzene rings is 2. The first-order chi connectivity index (χ1) is 9.66. The highest BCUT2D eigenvalue weighted by Crippen LogP contribution is 2.20. The third-order valence-corrected chi connectivity index (χ3v) is 3.08. The third-order valence-electron chi connectivity index (χ3n) is 3.08. The topological polar surface area (TPSA) is 35.5 Å². The van der Waals surface area contributed by atoms with Crippen LogP contribution in [0.15, 0.2) is 60.7 Å². The number of carbonyl (C=O) groups is 1. The van der Waals surface area contributed by atoms with E-state index >= 15 is 0 Å². The van der Waals surface area contributed by atoms with Crippen LogP contribution in [0.4, 0.5) is 4.79 Å². The summed E-state index contributed by atoms with van der Waals surface area (Å²) in [7, 11) is 0. The first-order valence-corrected chi connectivity index (χ1v) is 6.64. The van der Waals surface area contributed by atoms with Crippen molar-refractivity contribution in [1.82, 2.24) is 0 Å². The summed E-state index contributed by atoms with van der Waals surface area (Å²) in [4.78, 5) is 11.8. The Labute approximate surface area is 119 Å². The van der Waals surface area contributed by atoms with Crippen LogP contribution in [-0.2, 0) is 9.47 Å². The predicted octanol–water partition coefficient (Wildman–Crippen LogP) is 4.66. The summed E-state index contributed by atoms with van der Waals surface area (Å²) in [6.45, 7) is 3.65. The van der Waals surface area contributed by atoms with Gasteiger partial charge in [0, 0.05) is 0 Å². The quantitative estimate of drug-likeness (QED) is 0.758. The minimum atomic E-state index is -0.655. The van der Waals surface area contributed by atoms with Gasteiger partial charge in [-0.25, -0.2) is 4.79 Å². The van der Waals surface area contributed by atoms with Crippen LogP contribution < -0.4 is 0 Å². The maximum absolute atomic E-state index is 11.8. The molecule has 0 aliphatic rings. The van der Waals surface area contributed by atoms with Gasteiger partial charge in [0.2, 0.25) is 0 Å². The summed E-state index contributed by atoms with van der Waals surface area (Å²) in [5, 5.41) is 0. The molecule has 3 nitrogen and oxygen atoms in total. The normalized spacial score (nSPS) is 13.3. The maximum Gasteiger partial charge on any atom is 0.509 e. The van der Waals surface area contributed by atoms with E-state index < -0.39 is 6.16 Å². The zero-order valence-electron chi connectivity index (χ0n) is 11.7. The van der Waals surface area contributed by atoms with E-state index in [1.54, 1.807) is 0 Å². The smallest absolute Gasteiger partial charge is 0.426 e. The summed E-state index contributed by atoms with van der Waals surface area (Å²) in [5.74, 6) is 0. The van der Waals surface area contributed by atoms with Crippen molar-refractivity contribution in [3.8, 4) is 0 Å². The van der Waals surface area contributed by atoms with Crippen molar-refractivity contribution in [2.45, 2.75) is 26.1 Å². The Bertz CT molecular complexity index is 487. The average Bonchev–Trinajstić information content (AvgIpc) is 2.49. The van der Waals surface area contributed by atoms with Gasteiger partial charge in [-0.3, -0.25) is 0 Å². The lowest BCUT2D eigenvalue weighted by Crippen LogP contribution is -2.13. The molecule has 0 aliphatic heterocycles. The average molecular weight is 270 g/mol. The standard InChI is InChI=1S/C17H18O3/c1-13(15-9-5-3-6-10-15)19-17(18)20-14(2)16-11-7-4-8-12-16/h3-14H,1-2H3/t13-,14-/m1/s1. The number of rotatable bonds is 4. The van der Waals surface area contributed by atoms with E-state index in [-0.39, 0.29) is 12.2 Å². The van der Waals surface area contributed by atoms with Gasteiger partial charge in [0.1, 0.15) is 12.2 Å². The molecule has 104 valence electrons. The molecule has 0 saturated carbocycles. The zero-order valence-corrected chi connectivity index (χ0v) is 11.7. The second kappa shape index (κ2) is 6.75. The molecule has 0 fully saturated rings. The van der Waals surface area contributed by atoms with Gasteiger partial charge in [-0.2, -0.15) is 0 Å². The van der Waals surface area contributed by atoms with Gasteiger partial charge in [0.15, 0.2) is 0 Å². The fourth-order valence-electron chi connectivity index (χ4n) is 1.90. The lowest BCUT2D eigenvalue weighted by Gasteiger charge is -2.17. The lowest BCUT2D eigenvalue weighted by atomic mass is 10.1. The van der Waals surface area contributed by atoms with E-state index in [4.69, 9.17) is 9.47 Å². The highest BCUT2D eigenvalue weighted by Gasteiger charge is 2.16. The summed E-state index contributed by atoms with van der Waals surface area (Å²) in [6.07, 6.45) is -1.31. The molecule has 2 aromatic rings. The van der Waals surface area contributed by atoms with E-state index in [1.165, 1.54) is 0 Å². The van der Waals surface area contributed by atoms with E-state index in [9.17, 15) is 4.79 Å². The molecule has 0 spiro atoms. The van der Waals surface area contributed by atoms with Crippen LogP contribution in [-0.4, -0.2) is 6.16 Å². The largest absolute Gasteiger partial charge is 0.509 e. The molecule has 2 aromatic carbocycles. The lowest BCUT2D eigenvalue weighted by molar-refractivity contribution is 0.00626. The molecule has 20 heavy (non-hydrogen) atoms. The SMILES string of the molecule is C[C@@H](OC(=O)O[C@H](C)c1ccccc1)c1ccccc1. The van der Waals surface area contributed by atoms with E-state index in [0.717, 1.165) is 11.1 Å². The van der Waals surface area contributed by atoms with E-state index in [1.807, 2.05) is 74.5 Å². The molecular formula is C17H18O3. The number of carbonyl (C=O) groups excluding carboxylic acids is 1. The minimum Gasteiger partial charge on any atom is -0.426 e. The Morgan fingerprint density at radius 3 is 1.45 bits per heavy atom. The molecule has 0 saturated heterocycles. The first kappa shape index (κ1) is 14.1. The molecule has 0 heterocycles. The number of hydrogen-bond acceptors (Lipinski definition) is 3. The molecule has 0 bridgehead atoms. The molecule has 0 amide bonds. The van der Waals surface area contributed by atoms with Gasteiger partial charge in [0.25, 0.3) is 0 Å². The number of ether oxygens (including phenoxy) is 2. The van der Waals surface area contributed by atoms with Crippen LogP contribution >= 0.6 is 0 Å². The van der Waals surface area contributed by atoms with Gasteiger partial charge in [-0.1, -0.05) is 60.7 Å². The van der Waals surface area contributed by atoms with Crippen LogP contribution in [0.5, 0.6) is 0 Å². The Kier molecular flexibility index (Phi) is 4.77. The molecule has 2 rings (SSSR count). The molecule has 3 heteroatoms. The van der Waals surface area contributed by atoms with Crippen molar-refractivity contribution in [3.05, 3.63) is 71.8 Å². The zero-order chi connectivity index (χ0) is 14.4. The van der Waals surface area contributed by atoms with Gasteiger partial charge in [-0.05, 0) is 25.0 Å². The molecule has 2 atom stereocenters. The second-order valence-corrected chi connectivity index (χ2v) is 4.59. The number of hydrogen-bond donors (Lipinski definition) is 0. The van der Waals surface area contributed by atoms with Crippen LogP contribution in [0.3, 0.4) is 0 Å². The highest BCUT2D eigenvalue weighted by molar-refractivity contribution is 5.60. The molecule has 0 radical (unpaired) electrons. The fraction of sp³-hybridized carbons (Fsp3) is 0.235.